The van der Waals surface area contributed by atoms with E-state index in [0.29, 0.717) is 5.02 Å². The Kier molecular flexibility index (Phi) is 5.09. The van der Waals surface area contributed by atoms with Gasteiger partial charge in [-0.15, -0.1) is 0 Å². The topological polar surface area (TPSA) is 52.7 Å². The van der Waals surface area contributed by atoms with Gasteiger partial charge in [-0.3, -0.25) is 9.69 Å². The van der Waals surface area contributed by atoms with E-state index in [9.17, 15) is 9.59 Å². The van der Waals surface area contributed by atoms with Gasteiger partial charge in [-0.05, 0) is 60.7 Å². The average molecular weight is 396 g/mol. The molecule has 2 aromatic rings. The number of benzene rings is 2. The van der Waals surface area contributed by atoms with Crippen molar-refractivity contribution in [2.75, 3.05) is 18.0 Å². The predicted octanol–water partition coefficient (Wildman–Crippen LogP) is 4.34. The fourth-order valence-corrected chi connectivity index (χ4v) is 3.86. The number of nitrogens with zero attached hydrogens (tertiary/aromatic N) is 2. The number of aryl methyl sites for hydroxylation is 1. The van der Waals surface area contributed by atoms with E-state index in [-0.39, 0.29) is 18.1 Å². The lowest BCUT2D eigenvalue weighted by atomic mass is 10.1. The molecule has 144 valence electrons. The van der Waals surface area contributed by atoms with Crippen molar-refractivity contribution in [1.29, 1.82) is 0 Å². The fraction of sp³-hybridized carbons (Fsp3) is 0.273. The molecule has 0 aliphatic carbocycles. The van der Waals surface area contributed by atoms with E-state index >= 15 is 0 Å². The van der Waals surface area contributed by atoms with E-state index in [1.54, 1.807) is 12.1 Å². The Balaban J connectivity index is 1.54. The number of hydrogen-bond donors (Lipinski definition) is 1. The summed E-state index contributed by atoms with van der Waals surface area (Å²) >= 11 is 6.17. The molecule has 2 fully saturated rings. The highest BCUT2D eigenvalue weighted by atomic mass is 35.5. The van der Waals surface area contributed by atoms with Crippen molar-refractivity contribution in [3.63, 3.8) is 0 Å². The Morgan fingerprint density at radius 3 is 2.57 bits per heavy atom. The molecule has 2 aliphatic rings. The van der Waals surface area contributed by atoms with Crippen LogP contribution in [0.2, 0.25) is 5.02 Å². The second kappa shape index (κ2) is 7.68. The number of rotatable bonds is 4. The van der Waals surface area contributed by atoms with Crippen LogP contribution in [0.1, 0.15) is 29.5 Å². The van der Waals surface area contributed by atoms with Gasteiger partial charge in [0, 0.05) is 23.8 Å². The third-order valence-electron chi connectivity index (χ3n) is 5.27. The van der Waals surface area contributed by atoms with Gasteiger partial charge in [-0.2, -0.15) is 0 Å². The van der Waals surface area contributed by atoms with Crippen LogP contribution in [0.3, 0.4) is 0 Å². The van der Waals surface area contributed by atoms with Gasteiger partial charge in [0.05, 0.1) is 6.54 Å². The van der Waals surface area contributed by atoms with Gasteiger partial charge in [0.15, 0.2) is 0 Å². The number of imide groups is 1. The average Bonchev–Trinajstić information content (AvgIpc) is 3.30. The Morgan fingerprint density at radius 2 is 1.86 bits per heavy atom. The number of hydrogen-bond acceptors (Lipinski definition) is 3. The molecule has 2 aromatic carbocycles. The lowest BCUT2D eigenvalue weighted by Gasteiger charge is -2.18. The highest BCUT2D eigenvalue weighted by Crippen LogP contribution is 2.26. The van der Waals surface area contributed by atoms with Crippen molar-refractivity contribution in [2.45, 2.75) is 26.3 Å². The first kappa shape index (κ1) is 18.6. The first-order valence-electron chi connectivity index (χ1n) is 9.46. The summed E-state index contributed by atoms with van der Waals surface area (Å²) in [5.74, 6) is -0.340. The maximum atomic E-state index is 12.7. The maximum absolute atomic E-state index is 12.7. The molecular formula is C22H22ClN3O2. The molecule has 4 rings (SSSR count). The van der Waals surface area contributed by atoms with E-state index in [4.69, 9.17) is 11.6 Å². The van der Waals surface area contributed by atoms with Crippen LogP contribution in [-0.2, 0) is 11.3 Å². The van der Waals surface area contributed by atoms with Crippen LogP contribution >= 0.6 is 11.6 Å². The molecule has 6 heteroatoms. The van der Waals surface area contributed by atoms with Crippen LogP contribution in [0.5, 0.6) is 0 Å². The van der Waals surface area contributed by atoms with Gasteiger partial charge < -0.3 is 10.2 Å². The molecule has 3 amide bonds. The van der Waals surface area contributed by atoms with Crippen molar-refractivity contribution in [3.05, 3.63) is 69.9 Å². The number of amides is 3. The molecule has 1 N–H and O–H groups in total. The smallest absolute Gasteiger partial charge is 0.329 e. The van der Waals surface area contributed by atoms with E-state index in [2.05, 4.69) is 22.3 Å². The molecular weight excluding hydrogens is 374 g/mol. The van der Waals surface area contributed by atoms with Crippen molar-refractivity contribution in [2.24, 2.45) is 0 Å². The fourth-order valence-electron chi connectivity index (χ4n) is 3.66. The Hall–Kier alpha value is -2.79. The lowest BCUT2D eigenvalue weighted by Crippen LogP contribution is -2.30. The van der Waals surface area contributed by atoms with Gasteiger partial charge in [-0.25, -0.2) is 4.79 Å². The summed E-state index contributed by atoms with van der Waals surface area (Å²) in [7, 11) is 0. The zero-order valence-electron chi connectivity index (χ0n) is 15.7. The molecule has 0 saturated carbocycles. The van der Waals surface area contributed by atoms with Gasteiger partial charge in [-0.1, -0.05) is 35.9 Å². The lowest BCUT2D eigenvalue weighted by molar-refractivity contribution is -0.123. The molecule has 0 aromatic heterocycles. The molecule has 0 atom stereocenters. The van der Waals surface area contributed by atoms with Crippen molar-refractivity contribution in [3.8, 4) is 0 Å². The SMILES string of the molecule is Cc1cc(N2CCCC2)ccc1C=C1NC(=O)N(Cc2ccccc2Cl)C1=O. The zero-order chi connectivity index (χ0) is 19.7. The maximum Gasteiger partial charge on any atom is 0.329 e. The normalized spacial score (nSPS) is 18.3. The number of anilines is 1. The minimum atomic E-state index is -0.428. The standard InChI is InChI=1S/C22H22ClN3O2/c1-15-12-18(25-10-4-5-11-25)9-8-16(15)13-20-21(27)26(22(28)24-20)14-17-6-2-3-7-19(17)23/h2-3,6-9,12-13H,4-5,10-11,14H2,1H3,(H,24,28). The van der Waals surface area contributed by atoms with Gasteiger partial charge in [0.1, 0.15) is 5.70 Å². The van der Waals surface area contributed by atoms with Gasteiger partial charge in [0.25, 0.3) is 5.91 Å². The zero-order valence-corrected chi connectivity index (χ0v) is 16.5. The second-order valence-electron chi connectivity index (χ2n) is 7.21. The number of urea groups is 1. The number of halogens is 1. The molecule has 0 spiro atoms. The summed E-state index contributed by atoms with van der Waals surface area (Å²) in [6.45, 7) is 4.35. The number of carbonyl (C=O) groups excluding carboxylic acids is 2. The van der Waals surface area contributed by atoms with Crippen molar-refractivity contribution in [1.82, 2.24) is 10.2 Å². The van der Waals surface area contributed by atoms with Crippen LogP contribution in [-0.4, -0.2) is 29.9 Å². The van der Waals surface area contributed by atoms with Crippen molar-refractivity contribution >= 4 is 35.3 Å². The minimum absolute atomic E-state index is 0.147. The summed E-state index contributed by atoms with van der Waals surface area (Å²) in [5, 5.41) is 3.22. The van der Waals surface area contributed by atoms with E-state index < -0.39 is 6.03 Å². The monoisotopic (exact) mass is 395 g/mol. The van der Waals surface area contributed by atoms with Crippen molar-refractivity contribution < 1.29 is 9.59 Å². The molecule has 0 bridgehead atoms. The summed E-state index contributed by atoms with van der Waals surface area (Å²) in [6.07, 6.45) is 4.20. The summed E-state index contributed by atoms with van der Waals surface area (Å²) in [5.41, 5.74) is 4.23. The molecule has 2 saturated heterocycles. The first-order valence-corrected chi connectivity index (χ1v) is 9.84. The van der Waals surface area contributed by atoms with E-state index in [1.165, 1.54) is 23.4 Å². The largest absolute Gasteiger partial charge is 0.372 e. The second-order valence-corrected chi connectivity index (χ2v) is 7.61. The van der Waals surface area contributed by atoms with Crippen LogP contribution in [0.15, 0.2) is 48.2 Å². The molecule has 0 radical (unpaired) electrons. The Bertz CT molecular complexity index is 964. The van der Waals surface area contributed by atoms with E-state index in [1.807, 2.05) is 31.2 Å². The molecule has 2 aliphatic heterocycles. The highest BCUT2D eigenvalue weighted by Gasteiger charge is 2.33. The van der Waals surface area contributed by atoms with Crippen LogP contribution in [0.4, 0.5) is 10.5 Å². The van der Waals surface area contributed by atoms with Crippen LogP contribution < -0.4 is 10.2 Å². The predicted molar refractivity (Wildman–Crippen MR) is 111 cm³/mol. The molecule has 2 heterocycles. The van der Waals surface area contributed by atoms with Gasteiger partial charge >= 0.3 is 6.03 Å². The Morgan fingerprint density at radius 1 is 1.11 bits per heavy atom. The number of nitrogens with one attached hydrogen (secondary N) is 1. The summed E-state index contributed by atoms with van der Waals surface area (Å²) in [6, 6.07) is 13.0. The summed E-state index contributed by atoms with van der Waals surface area (Å²) < 4.78 is 0. The molecule has 5 nitrogen and oxygen atoms in total. The highest BCUT2D eigenvalue weighted by molar-refractivity contribution is 6.31. The first-order chi connectivity index (χ1) is 13.5. The van der Waals surface area contributed by atoms with E-state index in [0.717, 1.165) is 29.8 Å². The third kappa shape index (κ3) is 3.62. The van der Waals surface area contributed by atoms with Crippen LogP contribution in [0.25, 0.3) is 6.08 Å². The molecule has 0 unspecified atom stereocenters. The third-order valence-corrected chi connectivity index (χ3v) is 5.64. The van der Waals surface area contributed by atoms with Gasteiger partial charge in [0.2, 0.25) is 0 Å². The minimum Gasteiger partial charge on any atom is -0.372 e. The number of carbonyl (C=O) groups is 2. The molecule has 28 heavy (non-hydrogen) atoms. The quantitative estimate of drug-likeness (QED) is 0.618. The van der Waals surface area contributed by atoms with Crippen LogP contribution in [0, 0.1) is 6.92 Å². The summed E-state index contributed by atoms with van der Waals surface area (Å²) in [4.78, 5) is 28.6. The Labute approximate surface area is 169 Å².